The zero-order chi connectivity index (χ0) is 8.43. The van der Waals surface area contributed by atoms with Crippen molar-refractivity contribution >= 4 is 5.97 Å². The van der Waals surface area contributed by atoms with Crippen molar-refractivity contribution in [2.24, 2.45) is 0 Å². The van der Waals surface area contributed by atoms with Crippen molar-refractivity contribution in [1.82, 2.24) is 0 Å². The van der Waals surface area contributed by atoms with Crippen molar-refractivity contribution in [2.45, 2.75) is 25.2 Å². The molecule has 3 atom stereocenters. The first-order valence-electron chi connectivity index (χ1n) is 3.46. The van der Waals surface area contributed by atoms with Crippen molar-refractivity contribution in [3.8, 4) is 0 Å². The zero-order valence-corrected chi connectivity index (χ0v) is 6.87. The summed E-state index contributed by atoms with van der Waals surface area (Å²) in [6, 6.07) is 0. The number of hydrogen-bond donors (Lipinski definition) is 0. The Hall–Kier alpha value is -0.610. The monoisotopic (exact) mass is 160 g/mol. The van der Waals surface area contributed by atoms with Gasteiger partial charge in [-0.3, -0.25) is 0 Å². The van der Waals surface area contributed by atoms with E-state index in [1.54, 1.807) is 6.92 Å². The number of rotatable bonds is 2. The third-order valence-corrected chi connectivity index (χ3v) is 1.82. The number of esters is 1. The van der Waals surface area contributed by atoms with Crippen LogP contribution in [0.3, 0.4) is 0 Å². The highest BCUT2D eigenvalue weighted by molar-refractivity contribution is 5.78. The summed E-state index contributed by atoms with van der Waals surface area (Å²) in [4.78, 5) is 11.0. The molecule has 0 bridgehead atoms. The van der Waals surface area contributed by atoms with Crippen molar-refractivity contribution in [1.29, 1.82) is 0 Å². The summed E-state index contributed by atoms with van der Waals surface area (Å²) in [5.74, 6) is -0.341. The van der Waals surface area contributed by atoms with Crippen molar-refractivity contribution < 1.29 is 19.0 Å². The molecule has 1 aliphatic rings. The molecule has 0 N–H and O–H groups in total. The van der Waals surface area contributed by atoms with Crippen LogP contribution in [0.5, 0.6) is 0 Å². The van der Waals surface area contributed by atoms with E-state index in [-0.39, 0.29) is 18.2 Å². The van der Waals surface area contributed by atoms with Gasteiger partial charge < -0.3 is 14.2 Å². The van der Waals surface area contributed by atoms with Gasteiger partial charge in [0.2, 0.25) is 0 Å². The summed E-state index contributed by atoms with van der Waals surface area (Å²) in [5, 5.41) is 0. The first-order valence-corrected chi connectivity index (χ1v) is 3.46. The number of hydrogen-bond acceptors (Lipinski definition) is 4. The molecule has 64 valence electrons. The van der Waals surface area contributed by atoms with Gasteiger partial charge in [0.1, 0.15) is 12.2 Å². The molecular weight excluding hydrogens is 148 g/mol. The predicted octanol–water partition coefficient (Wildman–Crippen LogP) is -0.0383. The minimum absolute atomic E-state index is 0.211. The van der Waals surface area contributed by atoms with Gasteiger partial charge in [0.25, 0.3) is 0 Å². The highest BCUT2D eigenvalue weighted by Gasteiger charge is 2.42. The van der Waals surface area contributed by atoms with Gasteiger partial charge in [-0.1, -0.05) is 0 Å². The Bertz CT molecular complexity index is 157. The summed E-state index contributed by atoms with van der Waals surface area (Å²) in [5.41, 5.74) is 0. The summed E-state index contributed by atoms with van der Waals surface area (Å²) in [7, 11) is 3.01. The SMILES string of the molecule is COC1C(=O)OC(C)C1OC. The molecule has 0 aromatic heterocycles. The van der Waals surface area contributed by atoms with Crippen molar-refractivity contribution in [2.75, 3.05) is 14.2 Å². The number of carbonyl (C=O) groups excluding carboxylic acids is 1. The lowest BCUT2D eigenvalue weighted by Gasteiger charge is -2.14. The summed E-state index contributed by atoms with van der Waals surface area (Å²) in [6.45, 7) is 1.78. The van der Waals surface area contributed by atoms with Gasteiger partial charge in [-0.05, 0) is 6.92 Å². The lowest BCUT2D eigenvalue weighted by molar-refractivity contribution is -0.148. The Balaban J connectivity index is 2.66. The maximum atomic E-state index is 11.0. The summed E-state index contributed by atoms with van der Waals surface area (Å²) < 4.78 is 14.8. The first-order chi connectivity index (χ1) is 5.20. The second-order valence-corrected chi connectivity index (χ2v) is 2.50. The molecular formula is C7H12O4. The molecule has 0 spiro atoms. The Morgan fingerprint density at radius 3 is 2.36 bits per heavy atom. The lowest BCUT2D eigenvalue weighted by atomic mass is 10.2. The smallest absolute Gasteiger partial charge is 0.338 e. The van der Waals surface area contributed by atoms with Crippen LogP contribution < -0.4 is 0 Å². The Kier molecular flexibility index (Phi) is 2.46. The average Bonchev–Trinajstić information content (AvgIpc) is 2.24. The van der Waals surface area contributed by atoms with E-state index in [9.17, 15) is 4.79 Å². The van der Waals surface area contributed by atoms with Crippen LogP contribution >= 0.6 is 0 Å². The molecule has 0 aliphatic carbocycles. The molecule has 3 unspecified atom stereocenters. The molecule has 11 heavy (non-hydrogen) atoms. The van der Waals surface area contributed by atoms with E-state index in [1.165, 1.54) is 14.2 Å². The third-order valence-electron chi connectivity index (χ3n) is 1.82. The minimum atomic E-state index is -0.560. The van der Waals surface area contributed by atoms with Crippen LogP contribution in [-0.4, -0.2) is 38.5 Å². The molecule has 0 aromatic carbocycles. The van der Waals surface area contributed by atoms with Gasteiger partial charge in [0.05, 0.1) is 0 Å². The third kappa shape index (κ3) is 1.36. The van der Waals surface area contributed by atoms with E-state index in [0.29, 0.717) is 0 Å². The molecule has 1 fully saturated rings. The molecule has 0 aromatic rings. The quantitative estimate of drug-likeness (QED) is 0.532. The number of methoxy groups -OCH3 is 2. The Morgan fingerprint density at radius 2 is 2.00 bits per heavy atom. The van der Waals surface area contributed by atoms with Gasteiger partial charge in [-0.2, -0.15) is 0 Å². The first kappa shape index (κ1) is 8.49. The normalized spacial score (nSPS) is 37.4. The molecule has 1 saturated heterocycles. The van der Waals surface area contributed by atoms with E-state index in [4.69, 9.17) is 14.2 Å². The largest absolute Gasteiger partial charge is 0.458 e. The summed E-state index contributed by atoms with van der Waals surface area (Å²) in [6.07, 6.45) is -1.04. The van der Waals surface area contributed by atoms with Gasteiger partial charge in [-0.25, -0.2) is 4.79 Å². The fraction of sp³-hybridized carbons (Fsp3) is 0.857. The second kappa shape index (κ2) is 3.19. The maximum absolute atomic E-state index is 11.0. The van der Waals surface area contributed by atoms with Crippen molar-refractivity contribution in [3.63, 3.8) is 0 Å². The van der Waals surface area contributed by atoms with Crippen LogP contribution in [0, 0.1) is 0 Å². The summed E-state index contributed by atoms with van der Waals surface area (Å²) >= 11 is 0. The van der Waals surface area contributed by atoms with E-state index in [1.807, 2.05) is 0 Å². The van der Waals surface area contributed by atoms with E-state index in [0.717, 1.165) is 0 Å². The predicted molar refractivity (Wildman–Crippen MR) is 37.1 cm³/mol. The minimum Gasteiger partial charge on any atom is -0.458 e. The Morgan fingerprint density at radius 1 is 1.36 bits per heavy atom. The van der Waals surface area contributed by atoms with Gasteiger partial charge >= 0.3 is 5.97 Å². The Labute approximate surface area is 65.4 Å². The maximum Gasteiger partial charge on any atom is 0.338 e. The number of ether oxygens (including phenoxy) is 3. The van der Waals surface area contributed by atoms with E-state index < -0.39 is 6.10 Å². The van der Waals surface area contributed by atoms with E-state index >= 15 is 0 Å². The van der Waals surface area contributed by atoms with Crippen molar-refractivity contribution in [3.05, 3.63) is 0 Å². The van der Waals surface area contributed by atoms with Gasteiger partial charge in [-0.15, -0.1) is 0 Å². The molecule has 0 radical (unpaired) electrons. The van der Waals surface area contributed by atoms with Gasteiger partial charge in [0.15, 0.2) is 6.10 Å². The molecule has 1 aliphatic heterocycles. The molecule has 4 nitrogen and oxygen atoms in total. The highest BCUT2D eigenvalue weighted by atomic mass is 16.6. The fourth-order valence-corrected chi connectivity index (χ4v) is 1.24. The topological polar surface area (TPSA) is 44.8 Å². The van der Waals surface area contributed by atoms with Crippen LogP contribution in [0.1, 0.15) is 6.92 Å². The number of carbonyl (C=O) groups is 1. The molecule has 0 amide bonds. The van der Waals surface area contributed by atoms with Gasteiger partial charge in [0, 0.05) is 14.2 Å². The lowest BCUT2D eigenvalue weighted by Crippen LogP contribution is -2.33. The molecule has 1 heterocycles. The zero-order valence-electron chi connectivity index (χ0n) is 6.87. The van der Waals surface area contributed by atoms with E-state index in [2.05, 4.69) is 0 Å². The molecule has 4 heteroatoms. The molecule has 1 rings (SSSR count). The standard InChI is InChI=1S/C7H12O4/c1-4-5(9-2)6(10-3)7(8)11-4/h4-6H,1-3H3. The van der Waals surface area contributed by atoms with Crippen LogP contribution in [0.25, 0.3) is 0 Å². The van der Waals surface area contributed by atoms with Crippen LogP contribution in [0.15, 0.2) is 0 Å². The second-order valence-electron chi connectivity index (χ2n) is 2.50. The van der Waals surface area contributed by atoms with Crippen LogP contribution in [0.4, 0.5) is 0 Å². The van der Waals surface area contributed by atoms with Crippen LogP contribution in [-0.2, 0) is 19.0 Å². The average molecular weight is 160 g/mol. The molecule has 0 saturated carbocycles. The fourth-order valence-electron chi connectivity index (χ4n) is 1.24. The number of cyclic esters (lactones) is 1. The van der Waals surface area contributed by atoms with Crippen LogP contribution in [0.2, 0.25) is 0 Å². The highest BCUT2D eigenvalue weighted by Crippen LogP contribution is 2.19.